The normalized spacial score (nSPS) is 19.0. The van der Waals surface area contributed by atoms with Crippen LogP contribution in [0.5, 0.6) is 0 Å². The second kappa shape index (κ2) is 6.50. The number of nitriles is 1. The monoisotopic (exact) mass is 248 g/mol. The zero-order chi connectivity index (χ0) is 12.8. The molecule has 1 fully saturated rings. The Morgan fingerprint density at radius 1 is 1.44 bits per heavy atom. The van der Waals surface area contributed by atoms with E-state index in [-0.39, 0.29) is 6.10 Å². The molecule has 1 aliphatic heterocycles. The molecule has 5 nitrogen and oxygen atoms in total. The Morgan fingerprint density at radius 2 is 2.33 bits per heavy atom. The molecule has 0 spiro atoms. The lowest BCUT2D eigenvalue weighted by Crippen LogP contribution is -2.10. The highest BCUT2D eigenvalue weighted by molar-refractivity contribution is 5.27. The minimum atomic E-state index is 0.0147. The van der Waals surface area contributed by atoms with E-state index in [9.17, 15) is 0 Å². The van der Waals surface area contributed by atoms with Gasteiger partial charge in [-0.15, -0.1) is 5.10 Å². The van der Waals surface area contributed by atoms with Gasteiger partial charge in [0.25, 0.3) is 0 Å². The van der Waals surface area contributed by atoms with E-state index in [1.807, 2.05) is 4.68 Å². The molecule has 0 aliphatic carbocycles. The van der Waals surface area contributed by atoms with Crippen molar-refractivity contribution in [2.75, 3.05) is 6.61 Å². The van der Waals surface area contributed by atoms with Crippen LogP contribution >= 0.6 is 0 Å². The second-order valence-electron chi connectivity index (χ2n) is 4.72. The molecule has 1 atom stereocenters. The third kappa shape index (κ3) is 2.88. The topological polar surface area (TPSA) is 63.7 Å². The number of hydrogen-bond acceptors (Lipinski definition) is 4. The summed E-state index contributed by atoms with van der Waals surface area (Å²) >= 11 is 0. The summed E-state index contributed by atoms with van der Waals surface area (Å²) in [4.78, 5) is 0. The van der Waals surface area contributed by atoms with E-state index in [0.717, 1.165) is 38.1 Å². The van der Waals surface area contributed by atoms with E-state index in [1.54, 1.807) is 0 Å². The van der Waals surface area contributed by atoms with Crippen LogP contribution in [0, 0.1) is 11.3 Å². The van der Waals surface area contributed by atoms with Gasteiger partial charge in [-0.05, 0) is 19.3 Å². The van der Waals surface area contributed by atoms with Crippen molar-refractivity contribution in [1.29, 1.82) is 5.26 Å². The van der Waals surface area contributed by atoms with E-state index < -0.39 is 0 Å². The highest BCUT2D eigenvalue weighted by Gasteiger charge is 2.26. The lowest BCUT2D eigenvalue weighted by atomic mass is 10.1. The fourth-order valence-corrected chi connectivity index (χ4v) is 2.37. The number of rotatable bonds is 6. The third-order valence-electron chi connectivity index (χ3n) is 3.34. The molecule has 1 unspecified atom stereocenters. The van der Waals surface area contributed by atoms with Gasteiger partial charge in [-0.25, -0.2) is 4.68 Å². The highest BCUT2D eigenvalue weighted by Crippen LogP contribution is 2.29. The van der Waals surface area contributed by atoms with Crippen LogP contribution in [0.4, 0.5) is 0 Å². The van der Waals surface area contributed by atoms with Gasteiger partial charge in [0.05, 0.1) is 0 Å². The van der Waals surface area contributed by atoms with Gasteiger partial charge < -0.3 is 4.74 Å². The number of aromatic nitrogens is 3. The van der Waals surface area contributed by atoms with Crippen LogP contribution < -0.4 is 0 Å². The van der Waals surface area contributed by atoms with Crippen LogP contribution in [0.25, 0.3) is 0 Å². The van der Waals surface area contributed by atoms with Crippen molar-refractivity contribution in [3.63, 3.8) is 0 Å². The van der Waals surface area contributed by atoms with Crippen LogP contribution in [0.3, 0.4) is 0 Å². The van der Waals surface area contributed by atoms with Crippen LogP contribution in [0.2, 0.25) is 0 Å². The Hall–Kier alpha value is -1.41. The van der Waals surface area contributed by atoms with E-state index in [1.165, 1.54) is 19.3 Å². The molecule has 0 aromatic carbocycles. The molecule has 0 radical (unpaired) electrons. The second-order valence-corrected chi connectivity index (χ2v) is 4.72. The largest absolute Gasteiger partial charge is 0.372 e. The third-order valence-corrected chi connectivity index (χ3v) is 3.34. The zero-order valence-corrected chi connectivity index (χ0v) is 10.9. The molecular formula is C13H20N4O. The predicted octanol–water partition coefficient (Wildman–Crippen LogP) is 2.58. The first-order valence-electron chi connectivity index (χ1n) is 6.82. The number of hydrogen-bond donors (Lipinski definition) is 0. The summed E-state index contributed by atoms with van der Waals surface area (Å²) in [5.74, 6) is 0. The average molecular weight is 248 g/mol. The van der Waals surface area contributed by atoms with E-state index in [0.29, 0.717) is 5.69 Å². The standard InChI is InChI=1S/C13H20N4O/c1-2-3-4-5-8-17-13(11(10-14)15-16-17)12-7-6-9-18-12/h12H,2-9H2,1H3. The maximum absolute atomic E-state index is 9.08. The van der Waals surface area contributed by atoms with E-state index in [2.05, 4.69) is 23.3 Å². The molecule has 1 aromatic heterocycles. The average Bonchev–Trinajstić information content (AvgIpc) is 3.02. The lowest BCUT2D eigenvalue weighted by molar-refractivity contribution is 0.104. The summed E-state index contributed by atoms with van der Waals surface area (Å²) in [5, 5.41) is 17.1. The summed E-state index contributed by atoms with van der Waals surface area (Å²) in [6.07, 6.45) is 6.79. The molecule has 0 saturated carbocycles. The Balaban J connectivity index is 2.05. The minimum absolute atomic E-state index is 0.0147. The number of unbranched alkanes of at least 4 members (excludes halogenated alkanes) is 3. The molecule has 18 heavy (non-hydrogen) atoms. The SMILES string of the molecule is CCCCCCn1nnc(C#N)c1C1CCCO1. The molecule has 2 rings (SSSR count). The van der Waals surface area contributed by atoms with Crippen molar-refractivity contribution in [2.45, 2.75) is 58.1 Å². The Kier molecular flexibility index (Phi) is 4.71. The molecule has 2 heterocycles. The maximum Gasteiger partial charge on any atom is 0.188 e. The Bertz CT molecular complexity index is 415. The first kappa shape index (κ1) is 13.0. The van der Waals surface area contributed by atoms with Crippen molar-refractivity contribution in [3.05, 3.63) is 11.4 Å². The summed E-state index contributed by atoms with van der Waals surface area (Å²) < 4.78 is 7.52. The number of aryl methyl sites for hydroxylation is 1. The fourth-order valence-electron chi connectivity index (χ4n) is 2.37. The molecule has 5 heteroatoms. The van der Waals surface area contributed by atoms with Crippen LogP contribution in [0.15, 0.2) is 0 Å². The minimum Gasteiger partial charge on any atom is -0.372 e. The molecule has 1 aromatic rings. The van der Waals surface area contributed by atoms with Gasteiger partial charge in [0.15, 0.2) is 5.69 Å². The van der Waals surface area contributed by atoms with Crippen LogP contribution in [-0.2, 0) is 11.3 Å². The highest BCUT2D eigenvalue weighted by atomic mass is 16.5. The molecule has 98 valence electrons. The molecule has 0 N–H and O–H groups in total. The Morgan fingerprint density at radius 3 is 3.00 bits per heavy atom. The van der Waals surface area contributed by atoms with Crippen molar-refractivity contribution in [2.24, 2.45) is 0 Å². The van der Waals surface area contributed by atoms with Gasteiger partial charge in [0.2, 0.25) is 0 Å². The van der Waals surface area contributed by atoms with Gasteiger partial charge in [0.1, 0.15) is 17.9 Å². The van der Waals surface area contributed by atoms with Gasteiger partial charge >= 0.3 is 0 Å². The first-order valence-corrected chi connectivity index (χ1v) is 6.82. The van der Waals surface area contributed by atoms with Gasteiger partial charge in [-0.3, -0.25) is 0 Å². The van der Waals surface area contributed by atoms with Crippen LogP contribution in [0.1, 0.15) is 62.9 Å². The number of ether oxygens (including phenoxy) is 1. The van der Waals surface area contributed by atoms with Crippen molar-refractivity contribution in [1.82, 2.24) is 15.0 Å². The molecule has 1 aliphatic rings. The molecule has 0 bridgehead atoms. The predicted molar refractivity (Wildman–Crippen MR) is 66.8 cm³/mol. The van der Waals surface area contributed by atoms with Gasteiger partial charge in [-0.1, -0.05) is 31.4 Å². The maximum atomic E-state index is 9.08. The summed E-state index contributed by atoms with van der Waals surface area (Å²) in [6, 6.07) is 2.12. The van der Waals surface area contributed by atoms with Crippen LogP contribution in [-0.4, -0.2) is 21.6 Å². The Labute approximate surface area is 108 Å². The van der Waals surface area contributed by atoms with Crippen molar-refractivity contribution >= 4 is 0 Å². The summed E-state index contributed by atoms with van der Waals surface area (Å²) in [5.41, 5.74) is 1.31. The molecule has 1 saturated heterocycles. The summed E-state index contributed by atoms with van der Waals surface area (Å²) in [6.45, 7) is 3.81. The molecule has 0 amide bonds. The first-order chi connectivity index (χ1) is 8.86. The number of nitrogens with zero attached hydrogens (tertiary/aromatic N) is 4. The smallest absolute Gasteiger partial charge is 0.188 e. The zero-order valence-electron chi connectivity index (χ0n) is 10.9. The van der Waals surface area contributed by atoms with E-state index in [4.69, 9.17) is 10.00 Å². The molecular weight excluding hydrogens is 228 g/mol. The van der Waals surface area contributed by atoms with Gasteiger partial charge in [0, 0.05) is 13.2 Å². The lowest BCUT2D eigenvalue weighted by Gasteiger charge is -2.11. The quantitative estimate of drug-likeness (QED) is 0.726. The van der Waals surface area contributed by atoms with Crippen molar-refractivity contribution in [3.8, 4) is 6.07 Å². The van der Waals surface area contributed by atoms with Gasteiger partial charge in [-0.2, -0.15) is 5.26 Å². The van der Waals surface area contributed by atoms with E-state index >= 15 is 0 Å². The van der Waals surface area contributed by atoms with Crippen molar-refractivity contribution < 1.29 is 4.74 Å². The fraction of sp³-hybridized carbons (Fsp3) is 0.769. The summed E-state index contributed by atoms with van der Waals surface area (Å²) in [7, 11) is 0.